The molecule has 0 aromatic heterocycles. The van der Waals surface area contributed by atoms with Crippen molar-refractivity contribution in [3.05, 3.63) is 33.2 Å². The van der Waals surface area contributed by atoms with Gasteiger partial charge in [-0.3, -0.25) is 4.79 Å². The highest BCUT2D eigenvalue weighted by Crippen LogP contribution is 2.04. The first-order chi connectivity index (χ1) is 6.70. The van der Waals surface area contributed by atoms with Crippen molar-refractivity contribution in [1.29, 1.82) is 0 Å². The number of methoxy groups -OCH3 is 1. The molecule has 0 N–H and O–H groups in total. The molecule has 0 saturated carbocycles. The average Bonchev–Trinajstić information content (AvgIpc) is 2.17. The largest absolute Gasteiger partial charge is 0.367 e. The third kappa shape index (κ3) is 1.63. The lowest BCUT2D eigenvalue weighted by atomic mass is 10.2. The van der Waals surface area contributed by atoms with Crippen LogP contribution < -0.4 is 10.6 Å². The number of hydrogen-bond donors (Lipinski definition) is 0. The van der Waals surface area contributed by atoms with E-state index in [1.807, 2.05) is 12.1 Å². The van der Waals surface area contributed by atoms with Gasteiger partial charge in [-0.15, -0.1) is 0 Å². The van der Waals surface area contributed by atoms with Gasteiger partial charge in [0, 0.05) is 16.8 Å². The van der Waals surface area contributed by atoms with Crippen molar-refractivity contribution in [3.63, 3.8) is 0 Å². The summed E-state index contributed by atoms with van der Waals surface area (Å²) >= 11 is 3.36. The molecule has 1 aromatic carbocycles. The number of fused-ring (bicyclic) bond motifs is 1. The van der Waals surface area contributed by atoms with Crippen LogP contribution in [0.25, 0.3) is 6.08 Å². The summed E-state index contributed by atoms with van der Waals surface area (Å²) in [6, 6.07) is 5.58. The second kappa shape index (κ2) is 3.63. The van der Waals surface area contributed by atoms with Crippen molar-refractivity contribution < 1.29 is 9.53 Å². The summed E-state index contributed by atoms with van der Waals surface area (Å²) in [7, 11) is 1.50. The van der Waals surface area contributed by atoms with E-state index in [9.17, 15) is 4.79 Å². The Labute approximate surface area is 89.2 Å². The van der Waals surface area contributed by atoms with Crippen LogP contribution in [0, 0.1) is 0 Å². The van der Waals surface area contributed by atoms with Crippen molar-refractivity contribution in [2.75, 3.05) is 7.11 Å². The van der Waals surface area contributed by atoms with Gasteiger partial charge in [0.15, 0.2) is 6.10 Å². The van der Waals surface area contributed by atoms with E-state index in [0.29, 0.717) is 5.36 Å². The molecule has 1 aliphatic heterocycles. The molecule has 1 amide bonds. The van der Waals surface area contributed by atoms with Crippen LogP contribution >= 0.6 is 15.9 Å². The molecule has 4 heteroatoms. The van der Waals surface area contributed by atoms with Gasteiger partial charge in [-0.25, -0.2) is 4.99 Å². The van der Waals surface area contributed by atoms with Gasteiger partial charge in [0.05, 0.1) is 5.36 Å². The minimum atomic E-state index is -0.545. The highest BCUT2D eigenvalue weighted by molar-refractivity contribution is 9.10. The van der Waals surface area contributed by atoms with Gasteiger partial charge in [0.1, 0.15) is 0 Å². The second-order valence-electron chi connectivity index (χ2n) is 2.98. The van der Waals surface area contributed by atoms with E-state index in [-0.39, 0.29) is 5.91 Å². The third-order valence-corrected chi connectivity index (χ3v) is 2.54. The summed E-state index contributed by atoms with van der Waals surface area (Å²) in [6.45, 7) is 0. The van der Waals surface area contributed by atoms with E-state index in [1.165, 1.54) is 7.11 Å². The molecule has 1 heterocycles. The summed E-state index contributed by atoms with van der Waals surface area (Å²) in [5.41, 5.74) is 0. The fraction of sp³-hybridized carbons (Fsp3) is 0.200. The van der Waals surface area contributed by atoms with E-state index in [0.717, 1.165) is 9.69 Å². The molecule has 2 rings (SSSR count). The van der Waals surface area contributed by atoms with Crippen molar-refractivity contribution in [3.8, 4) is 0 Å². The van der Waals surface area contributed by atoms with Gasteiger partial charge < -0.3 is 4.74 Å². The van der Waals surface area contributed by atoms with Crippen molar-refractivity contribution in [2.24, 2.45) is 4.99 Å². The van der Waals surface area contributed by atoms with Crippen LogP contribution in [0.15, 0.2) is 27.7 Å². The average molecular weight is 254 g/mol. The monoisotopic (exact) mass is 253 g/mol. The minimum Gasteiger partial charge on any atom is -0.367 e. The molecule has 1 unspecified atom stereocenters. The van der Waals surface area contributed by atoms with E-state index >= 15 is 0 Å². The number of carbonyl (C=O) groups excluding carboxylic acids is 1. The normalized spacial score (nSPS) is 19.6. The number of carbonyl (C=O) groups is 1. The lowest BCUT2D eigenvalue weighted by Gasteiger charge is -2.09. The second-order valence-corrected chi connectivity index (χ2v) is 3.89. The van der Waals surface area contributed by atoms with E-state index in [2.05, 4.69) is 20.9 Å². The number of amides is 1. The van der Waals surface area contributed by atoms with Crippen LogP contribution in [0.4, 0.5) is 0 Å². The molecular weight excluding hydrogens is 246 g/mol. The number of nitrogens with zero attached hydrogens (tertiary/aromatic N) is 1. The molecule has 0 aliphatic carbocycles. The molecule has 1 atom stereocenters. The SMILES string of the molecule is COC1C=c2cc(Br)ccc2=NC1=O. The summed E-state index contributed by atoms with van der Waals surface area (Å²) in [5, 5.41) is 1.62. The maximum atomic E-state index is 11.3. The molecule has 1 aromatic rings. The van der Waals surface area contributed by atoms with Gasteiger partial charge in [-0.2, -0.15) is 0 Å². The van der Waals surface area contributed by atoms with Crippen LogP contribution in [0.5, 0.6) is 0 Å². The van der Waals surface area contributed by atoms with Crippen molar-refractivity contribution >= 4 is 27.9 Å². The molecule has 0 spiro atoms. The Morgan fingerprint density at radius 2 is 2.29 bits per heavy atom. The van der Waals surface area contributed by atoms with E-state index in [4.69, 9.17) is 4.74 Å². The Morgan fingerprint density at radius 3 is 3.00 bits per heavy atom. The number of rotatable bonds is 1. The van der Waals surface area contributed by atoms with Crippen LogP contribution in [-0.2, 0) is 9.53 Å². The Morgan fingerprint density at radius 1 is 1.50 bits per heavy atom. The summed E-state index contributed by atoms with van der Waals surface area (Å²) in [6.07, 6.45) is 1.23. The van der Waals surface area contributed by atoms with E-state index < -0.39 is 6.10 Å². The molecule has 0 radical (unpaired) electrons. The predicted octanol–water partition coefficient (Wildman–Crippen LogP) is 0.404. The van der Waals surface area contributed by atoms with Gasteiger partial charge >= 0.3 is 0 Å². The molecule has 1 aliphatic rings. The highest BCUT2D eigenvalue weighted by Gasteiger charge is 2.16. The van der Waals surface area contributed by atoms with Gasteiger partial charge in [0.2, 0.25) is 0 Å². The summed E-state index contributed by atoms with van der Waals surface area (Å²) < 4.78 is 5.95. The van der Waals surface area contributed by atoms with Crippen LogP contribution in [0.2, 0.25) is 0 Å². The topological polar surface area (TPSA) is 38.7 Å². The number of ether oxygens (including phenoxy) is 1. The highest BCUT2D eigenvalue weighted by atomic mass is 79.9. The fourth-order valence-corrected chi connectivity index (χ4v) is 1.73. The van der Waals surface area contributed by atoms with E-state index in [1.54, 1.807) is 12.1 Å². The maximum Gasteiger partial charge on any atom is 0.279 e. The van der Waals surface area contributed by atoms with Crippen LogP contribution in [-0.4, -0.2) is 19.1 Å². The minimum absolute atomic E-state index is 0.248. The van der Waals surface area contributed by atoms with Crippen molar-refractivity contribution in [1.82, 2.24) is 0 Å². The Hall–Kier alpha value is -1.00. The van der Waals surface area contributed by atoms with Gasteiger partial charge in [-0.1, -0.05) is 15.9 Å². The first-order valence-corrected chi connectivity index (χ1v) is 4.93. The Balaban J connectivity index is 2.67. The molecule has 0 bridgehead atoms. The maximum absolute atomic E-state index is 11.3. The Kier molecular flexibility index (Phi) is 2.48. The Bertz CT molecular complexity index is 495. The van der Waals surface area contributed by atoms with Crippen LogP contribution in [0.1, 0.15) is 0 Å². The summed E-state index contributed by atoms with van der Waals surface area (Å²) in [4.78, 5) is 15.3. The summed E-state index contributed by atoms with van der Waals surface area (Å²) in [5.74, 6) is -0.248. The predicted molar refractivity (Wildman–Crippen MR) is 55.2 cm³/mol. The van der Waals surface area contributed by atoms with Crippen LogP contribution in [0.3, 0.4) is 0 Å². The number of benzene rings is 1. The van der Waals surface area contributed by atoms with Gasteiger partial charge in [0.25, 0.3) is 5.91 Å². The molecule has 0 fully saturated rings. The fourth-order valence-electron chi connectivity index (χ4n) is 1.35. The molecule has 14 heavy (non-hydrogen) atoms. The third-order valence-electron chi connectivity index (χ3n) is 2.05. The quantitative estimate of drug-likeness (QED) is 0.727. The van der Waals surface area contributed by atoms with Crippen molar-refractivity contribution in [2.45, 2.75) is 6.10 Å². The smallest absolute Gasteiger partial charge is 0.279 e. The molecule has 72 valence electrons. The zero-order valence-electron chi connectivity index (χ0n) is 7.53. The zero-order chi connectivity index (χ0) is 10.1. The lowest BCUT2D eigenvalue weighted by molar-refractivity contribution is -0.124. The molecular formula is C10H8BrNO2. The first kappa shape index (κ1) is 9.55. The standard InChI is InChI=1S/C10H8BrNO2/c1-14-9-5-6-4-7(11)2-3-8(6)12-10(9)13/h2-5,9H,1H3. The molecule has 0 saturated heterocycles. The number of halogens is 1. The zero-order valence-corrected chi connectivity index (χ0v) is 9.11. The lowest BCUT2D eigenvalue weighted by Crippen LogP contribution is -2.36. The van der Waals surface area contributed by atoms with Gasteiger partial charge in [-0.05, 0) is 24.3 Å². The molecule has 3 nitrogen and oxygen atoms in total. The first-order valence-electron chi connectivity index (χ1n) is 4.13. The number of hydrogen-bond acceptors (Lipinski definition) is 2.